The highest BCUT2D eigenvalue weighted by Crippen LogP contribution is 2.44. The number of nitrogens with zero attached hydrogens (tertiary/aromatic N) is 3. The van der Waals surface area contributed by atoms with Gasteiger partial charge in [-0.25, -0.2) is 14.8 Å². The Morgan fingerprint density at radius 2 is 2.03 bits per heavy atom. The number of nitrogens with one attached hydrogen (secondary N) is 2. The SMILES string of the molecule is Cc1c[nH]c2ncnc(C3CCC(CN)(C(=O)Nc4cccc(OC(=O)N(C)C)c4)CC3)c12. The third kappa shape index (κ3) is 4.54. The lowest BCUT2D eigenvalue weighted by molar-refractivity contribution is -0.127. The molecule has 9 heteroatoms. The third-order valence-electron chi connectivity index (χ3n) is 6.56. The molecule has 3 aromatic rings. The van der Waals surface area contributed by atoms with Crippen molar-refractivity contribution in [2.24, 2.45) is 11.1 Å². The van der Waals surface area contributed by atoms with E-state index in [1.165, 1.54) is 4.90 Å². The van der Waals surface area contributed by atoms with E-state index in [0.717, 1.165) is 35.1 Å². The molecule has 1 aromatic carbocycles. The molecule has 0 radical (unpaired) electrons. The van der Waals surface area contributed by atoms with E-state index in [1.807, 2.05) is 6.20 Å². The first kappa shape index (κ1) is 22.7. The molecule has 0 aliphatic heterocycles. The summed E-state index contributed by atoms with van der Waals surface area (Å²) in [5.74, 6) is 0.517. The van der Waals surface area contributed by atoms with Crippen molar-refractivity contribution >= 4 is 28.7 Å². The molecule has 2 amide bonds. The zero-order valence-electron chi connectivity index (χ0n) is 19.2. The first-order valence-corrected chi connectivity index (χ1v) is 11.1. The van der Waals surface area contributed by atoms with Gasteiger partial charge in [0.2, 0.25) is 5.91 Å². The van der Waals surface area contributed by atoms with E-state index >= 15 is 0 Å². The quantitative estimate of drug-likeness (QED) is 0.545. The summed E-state index contributed by atoms with van der Waals surface area (Å²) in [6.07, 6.45) is 6.05. The van der Waals surface area contributed by atoms with Crippen LogP contribution in [0.5, 0.6) is 5.75 Å². The van der Waals surface area contributed by atoms with Gasteiger partial charge in [0.25, 0.3) is 0 Å². The van der Waals surface area contributed by atoms with Crippen LogP contribution in [0.2, 0.25) is 0 Å². The number of hydrogen-bond acceptors (Lipinski definition) is 6. The number of benzene rings is 1. The molecule has 0 unspecified atom stereocenters. The normalized spacial score (nSPS) is 20.4. The van der Waals surface area contributed by atoms with Crippen molar-refractivity contribution in [1.82, 2.24) is 19.9 Å². The lowest BCUT2D eigenvalue weighted by atomic mass is 9.68. The van der Waals surface area contributed by atoms with Crippen LogP contribution in [0.25, 0.3) is 11.0 Å². The Labute approximate surface area is 192 Å². The lowest BCUT2D eigenvalue weighted by Crippen LogP contribution is -2.44. The molecule has 2 heterocycles. The zero-order chi connectivity index (χ0) is 23.6. The van der Waals surface area contributed by atoms with Crippen LogP contribution < -0.4 is 15.8 Å². The second-order valence-electron chi connectivity index (χ2n) is 8.96. The van der Waals surface area contributed by atoms with Gasteiger partial charge < -0.3 is 25.7 Å². The molecule has 4 N–H and O–H groups in total. The number of fused-ring (bicyclic) bond motifs is 1. The molecular formula is C24H30N6O3. The Kier molecular flexibility index (Phi) is 6.33. The largest absolute Gasteiger partial charge is 0.414 e. The molecule has 0 atom stereocenters. The van der Waals surface area contributed by atoms with Crippen molar-refractivity contribution in [1.29, 1.82) is 0 Å². The molecule has 0 saturated heterocycles. The second-order valence-corrected chi connectivity index (χ2v) is 8.96. The number of aromatic amines is 1. The molecule has 4 rings (SSSR count). The molecule has 1 fully saturated rings. The van der Waals surface area contributed by atoms with Crippen LogP contribution in [-0.4, -0.2) is 52.5 Å². The molecule has 1 aliphatic carbocycles. The van der Waals surface area contributed by atoms with Gasteiger partial charge in [-0.2, -0.15) is 0 Å². The van der Waals surface area contributed by atoms with Crippen LogP contribution in [0.15, 0.2) is 36.8 Å². The van der Waals surface area contributed by atoms with Crippen molar-refractivity contribution < 1.29 is 14.3 Å². The van der Waals surface area contributed by atoms with Crippen LogP contribution in [0, 0.1) is 12.3 Å². The maximum atomic E-state index is 13.3. The summed E-state index contributed by atoms with van der Waals surface area (Å²) in [7, 11) is 3.22. The van der Waals surface area contributed by atoms with Gasteiger partial charge in [0, 0.05) is 49.9 Å². The van der Waals surface area contributed by atoms with Crippen molar-refractivity contribution in [3.8, 4) is 5.75 Å². The first-order valence-electron chi connectivity index (χ1n) is 11.1. The van der Waals surface area contributed by atoms with Gasteiger partial charge >= 0.3 is 6.09 Å². The van der Waals surface area contributed by atoms with Gasteiger partial charge in [-0.15, -0.1) is 0 Å². The second kappa shape index (κ2) is 9.19. The van der Waals surface area contributed by atoms with E-state index in [2.05, 4.69) is 27.2 Å². The summed E-state index contributed by atoms with van der Waals surface area (Å²) in [5.41, 5.74) is 9.08. The molecule has 0 spiro atoms. The van der Waals surface area contributed by atoms with Crippen LogP contribution in [0.4, 0.5) is 10.5 Å². The number of nitrogens with two attached hydrogens (primary N) is 1. The Bertz CT molecular complexity index is 1160. The smallest absolute Gasteiger partial charge is 0.410 e. The number of amides is 2. The lowest BCUT2D eigenvalue weighted by Gasteiger charge is -2.38. The molecule has 2 aromatic heterocycles. The summed E-state index contributed by atoms with van der Waals surface area (Å²) < 4.78 is 5.29. The van der Waals surface area contributed by atoms with Crippen molar-refractivity contribution in [3.63, 3.8) is 0 Å². The average molecular weight is 451 g/mol. The highest BCUT2D eigenvalue weighted by atomic mass is 16.6. The van der Waals surface area contributed by atoms with E-state index < -0.39 is 11.5 Å². The summed E-state index contributed by atoms with van der Waals surface area (Å²) in [6, 6.07) is 6.82. The van der Waals surface area contributed by atoms with Gasteiger partial charge in [0.05, 0.1) is 11.1 Å². The first-order chi connectivity index (χ1) is 15.8. The Hall–Kier alpha value is -3.46. The number of carbonyl (C=O) groups excluding carboxylic acids is 2. The van der Waals surface area contributed by atoms with Gasteiger partial charge in [-0.3, -0.25) is 4.79 Å². The van der Waals surface area contributed by atoms with Crippen LogP contribution in [-0.2, 0) is 4.79 Å². The number of carbonyl (C=O) groups is 2. The predicted molar refractivity (Wildman–Crippen MR) is 126 cm³/mol. The van der Waals surface area contributed by atoms with Gasteiger partial charge in [-0.05, 0) is 50.3 Å². The Balaban J connectivity index is 1.46. The van der Waals surface area contributed by atoms with E-state index in [-0.39, 0.29) is 18.4 Å². The summed E-state index contributed by atoms with van der Waals surface area (Å²) in [5, 5.41) is 4.06. The fourth-order valence-electron chi connectivity index (χ4n) is 4.52. The Morgan fingerprint density at radius 1 is 1.27 bits per heavy atom. The number of rotatable bonds is 5. The Morgan fingerprint density at radius 3 is 2.73 bits per heavy atom. The topological polar surface area (TPSA) is 126 Å². The van der Waals surface area contributed by atoms with E-state index in [9.17, 15) is 9.59 Å². The summed E-state index contributed by atoms with van der Waals surface area (Å²) in [6.45, 7) is 2.32. The van der Waals surface area contributed by atoms with Gasteiger partial charge in [0.15, 0.2) is 0 Å². The number of anilines is 1. The number of H-pyrrole nitrogens is 1. The molecule has 0 bridgehead atoms. The number of ether oxygens (including phenoxy) is 1. The van der Waals surface area contributed by atoms with Crippen molar-refractivity contribution in [2.75, 3.05) is 26.0 Å². The monoisotopic (exact) mass is 450 g/mol. The van der Waals surface area contributed by atoms with E-state index in [4.69, 9.17) is 10.5 Å². The predicted octanol–water partition coefficient (Wildman–Crippen LogP) is 3.57. The maximum absolute atomic E-state index is 13.3. The van der Waals surface area contributed by atoms with Crippen LogP contribution in [0.1, 0.15) is 42.9 Å². The number of aromatic nitrogens is 3. The molecule has 1 aliphatic rings. The van der Waals surface area contributed by atoms with Gasteiger partial charge in [0.1, 0.15) is 17.7 Å². The van der Waals surface area contributed by atoms with Crippen molar-refractivity contribution in [2.45, 2.75) is 38.5 Å². The molecule has 9 nitrogen and oxygen atoms in total. The molecule has 1 saturated carbocycles. The zero-order valence-corrected chi connectivity index (χ0v) is 19.2. The van der Waals surface area contributed by atoms with Crippen LogP contribution >= 0.6 is 0 Å². The fraction of sp³-hybridized carbons (Fsp3) is 0.417. The molecular weight excluding hydrogens is 420 g/mol. The highest BCUT2D eigenvalue weighted by molar-refractivity contribution is 5.96. The average Bonchev–Trinajstić information content (AvgIpc) is 3.20. The van der Waals surface area contributed by atoms with Crippen molar-refractivity contribution in [3.05, 3.63) is 48.0 Å². The summed E-state index contributed by atoms with van der Waals surface area (Å²) in [4.78, 5) is 38.6. The highest BCUT2D eigenvalue weighted by Gasteiger charge is 2.41. The number of hydrogen-bond donors (Lipinski definition) is 3. The minimum absolute atomic E-state index is 0.106. The molecule has 33 heavy (non-hydrogen) atoms. The third-order valence-corrected chi connectivity index (χ3v) is 6.56. The summed E-state index contributed by atoms with van der Waals surface area (Å²) >= 11 is 0. The maximum Gasteiger partial charge on any atom is 0.414 e. The van der Waals surface area contributed by atoms with E-state index in [0.29, 0.717) is 24.3 Å². The standard InChI is InChI=1S/C24H30N6O3/c1-15-12-26-21-19(15)20(27-14-28-21)16-7-9-24(13-25,10-8-16)22(31)29-17-5-4-6-18(11-17)33-23(32)30(2)3/h4-6,11-12,14,16H,7-10,13,25H2,1-3H3,(H,29,31)(H,26,27,28). The van der Waals surface area contributed by atoms with Crippen LogP contribution in [0.3, 0.4) is 0 Å². The van der Waals surface area contributed by atoms with Gasteiger partial charge in [-0.1, -0.05) is 6.07 Å². The number of aryl methyl sites for hydroxylation is 1. The van der Waals surface area contributed by atoms with E-state index in [1.54, 1.807) is 44.7 Å². The minimum Gasteiger partial charge on any atom is -0.410 e. The minimum atomic E-state index is -0.647. The fourth-order valence-corrected chi connectivity index (χ4v) is 4.52. The molecule has 174 valence electrons.